The Bertz CT molecular complexity index is 563. The van der Waals surface area contributed by atoms with Crippen LogP contribution in [0.1, 0.15) is 17.3 Å². The van der Waals surface area contributed by atoms with Gasteiger partial charge in [-0.2, -0.15) is 0 Å². The normalized spacial score (nSPS) is 10.7. The van der Waals surface area contributed by atoms with Crippen molar-refractivity contribution in [2.75, 3.05) is 0 Å². The fourth-order valence-corrected chi connectivity index (χ4v) is 1.59. The van der Waals surface area contributed by atoms with Gasteiger partial charge in [0, 0.05) is 13.2 Å². The van der Waals surface area contributed by atoms with Crippen LogP contribution >= 0.6 is 0 Å². The van der Waals surface area contributed by atoms with Crippen molar-refractivity contribution in [1.29, 1.82) is 0 Å². The van der Waals surface area contributed by atoms with E-state index in [0.29, 0.717) is 5.52 Å². The molecule has 0 saturated heterocycles. The molecule has 0 fully saturated rings. The van der Waals surface area contributed by atoms with Crippen molar-refractivity contribution in [2.45, 2.75) is 6.92 Å². The van der Waals surface area contributed by atoms with E-state index in [4.69, 9.17) is 0 Å². The van der Waals surface area contributed by atoms with Crippen molar-refractivity contribution in [1.82, 2.24) is 9.20 Å². The van der Waals surface area contributed by atoms with E-state index in [1.165, 1.54) is 11.6 Å². The van der Waals surface area contributed by atoms with Gasteiger partial charge < -0.3 is 0 Å². The summed E-state index contributed by atoms with van der Waals surface area (Å²) in [5.41, 5.74) is 0.671. The number of carbonyl (C=O) groups is 1. The number of aryl methyl sites for hydroxylation is 1. The van der Waals surface area contributed by atoms with Gasteiger partial charge in [-0.15, -0.1) is 0 Å². The summed E-state index contributed by atoms with van der Waals surface area (Å²) in [6, 6.07) is 5.38. The zero-order chi connectivity index (χ0) is 10.3. The number of pyridine rings is 1. The van der Waals surface area contributed by atoms with Gasteiger partial charge >= 0.3 is 0 Å². The predicted octanol–water partition coefficient (Wildman–Crippen LogP) is 0.841. The van der Waals surface area contributed by atoms with Gasteiger partial charge in [-0.25, -0.2) is 4.68 Å². The van der Waals surface area contributed by atoms with Gasteiger partial charge in [0.1, 0.15) is 5.56 Å². The lowest BCUT2D eigenvalue weighted by Crippen LogP contribution is -2.18. The molecule has 0 spiro atoms. The standard InChI is InChI=1S/C10H10N2O2/c1-7(13)9-8-5-3-4-6-12(8)11(2)10(9)14/h3-6H,1-2H3. The molecule has 0 aliphatic rings. The molecule has 2 aromatic rings. The molecule has 0 unspecified atom stereocenters. The smallest absolute Gasteiger partial charge is 0.278 e. The quantitative estimate of drug-likeness (QED) is 0.625. The lowest BCUT2D eigenvalue weighted by atomic mass is 10.2. The first-order valence-corrected chi connectivity index (χ1v) is 4.30. The molecule has 0 aromatic carbocycles. The number of aromatic nitrogens is 2. The number of fused-ring (bicyclic) bond motifs is 1. The maximum atomic E-state index is 11.7. The molecule has 0 saturated carbocycles. The Balaban J connectivity index is 3.03. The fourth-order valence-electron chi connectivity index (χ4n) is 1.59. The maximum Gasteiger partial charge on any atom is 0.278 e. The van der Waals surface area contributed by atoms with Gasteiger partial charge in [-0.1, -0.05) is 6.07 Å². The molecule has 0 atom stereocenters. The second-order valence-electron chi connectivity index (χ2n) is 3.19. The summed E-state index contributed by atoms with van der Waals surface area (Å²) in [6.45, 7) is 1.41. The number of hydrogen-bond acceptors (Lipinski definition) is 2. The maximum absolute atomic E-state index is 11.7. The third-order valence-electron chi connectivity index (χ3n) is 2.28. The number of Topliss-reactive ketones (excluding diaryl/α,β-unsaturated/α-hetero) is 1. The molecule has 0 aliphatic carbocycles. The minimum atomic E-state index is -0.247. The van der Waals surface area contributed by atoms with Crippen LogP contribution in [0.15, 0.2) is 29.2 Å². The fraction of sp³-hybridized carbons (Fsp3) is 0.200. The van der Waals surface area contributed by atoms with Gasteiger partial charge in [0.25, 0.3) is 5.56 Å². The topological polar surface area (TPSA) is 43.5 Å². The number of carbonyl (C=O) groups excluding carboxylic acids is 1. The van der Waals surface area contributed by atoms with Gasteiger partial charge in [0.2, 0.25) is 0 Å². The number of ketones is 1. The van der Waals surface area contributed by atoms with Crippen molar-refractivity contribution >= 4 is 11.3 Å². The number of nitrogens with zero attached hydrogens (tertiary/aromatic N) is 2. The molecule has 0 amide bonds. The highest BCUT2D eigenvalue weighted by atomic mass is 16.2. The van der Waals surface area contributed by atoms with Gasteiger partial charge in [-0.3, -0.25) is 14.1 Å². The Morgan fingerprint density at radius 2 is 2.07 bits per heavy atom. The molecule has 4 heteroatoms. The van der Waals surface area contributed by atoms with Crippen LogP contribution in [0.3, 0.4) is 0 Å². The number of rotatable bonds is 1. The zero-order valence-corrected chi connectivity index (χ0v) is 8.02. The Morgan fingerprint density at radius 1 is 1.36 bits per heavy atom. The summed E-state index contributed by atoms with van der Waals surface area (Å²) in [6.07, 6.45) is 1.75. The lowest BCUT2D eigenvalue weighted by Gasteiger charge is -1.96. The summed E-state index contributed by atoms with van der Waals surface area (Å²) >= 11 is 0. The largest absolute Gasteiger partial charge is 0.294 e. The van der Waals surface area contributed by atoms with Crippen molar-refractivity contribution in [2.24, 2.45) is 7.05 Å². The van der Waals surface area contributed by atoms with E-state index in [9.17, 15) is 9.59 Å². The zero-order valence-electron chi connectivity index (χ0n) is 8.02. The van der Waals surface area contributed by atoms with E-state index < -0.39 is 0 Å². The first-order valence-electron chi connectivity index (χ1n) is 4.30. The summed E-state index contributed by atoms with van der Waals surface area (Å²) in [5.74, 6) is -0.195. The van der Waals surface area contributed by atoms with Crippen molar-refractivity contribution < 1.29 is 4.79 Å². The van der Waals surface area contributed by atoms with Crippen molar-refractivity contribution in [3.05, 3.63) is 40.3 Å². The second-order valence-corrected chi connectivity index (χ2v) is 3.19. The van der Waals surface area contributed by atoms with Gasteiger partial charge in [0.15, 0.2) is 5.78 Å². The van der Waals surface area contributed by atoms with Crippen LogP contribution in [0.25, 0.3) is 5.52 Å². The Labute approximate surface area is 80.4 Å². The van der Waals surface area contributed by atoms with Crippen LogP contribution in [0.2, 0.25) is 0 Å². The average molecular weight is 190 g/mol. The highest BCUT2D eigenvalue weighted by Gasteiger charge is 2.14. The van der Waals surface area contributed by atoms with Crippen molar-refractivity contribution in [3.8, 4) is 0 Å². The predicted molar refractivity (Wildman–Crippen MR) is 52.6 cm³/mol. The minimum absolute atomic E-state index is 0.195. The molecule has 2 heterocycles. The summed E-state index contributed by atoms with van der Waals surface area (Å²) in [7, 11) is 1.64. The SMILES string of the molecule is CC(=O)c1c(=O)n(C)n2ccccc12. The average Bonchev–Trinajstić information content (AvgIpc) is 2.41. The molecular formula is C10H10N2O2. The molecule has 0 bridgehead atoms. The van der Waals surface area contributed by atoms with E-state index in [1.807, 2.05) is 6.07 Å². The van der Waals surface area contributed by atoms with E-state index >= 15 is 0 Å². The van der Waals surface area contributed by atoms with Crippen LogP contribution in [-0.2, 0) is 7.05 Å². The van der Waals surface area contributed by atoms with Crippen LogP contribution in [-0.4, -0.2) is 15.0 Å². The molecule has 2 aromatic heterocycles. The minimum Gasteiger partial charge on any atom is -0.294 e. The summed E-state index contributed by atoms with van der Waals surface area (Å²) < 4.78 is 3.09. The number of hydrogen-bond donors (Lipinski definition) is 0. The Morgan fingerprint density at radius 3 is 2.71 bits per heavy atom. The van der Waals surface area contributed by atoms with E-state index in [1.54, 1.807) is 29.9 Å². The Kier molecular flexibility index (Phi) is 1.77. The second kappa shape index (κ2) is 2.83. The highest BCUT2D eigenvalue weighted by Crippen LogP contribution is 2.07. The van der Waals surface area contributed by atoms with Crippen LogP contribution in [0.5, 0.6) is 0 Å². The molecule has 0 N–H and O–H groups in total. The summed E-state index contributed by atoms with van der Waals surface area (Å²) in [4.78, 5) is 22.9. The van der Waals surface area contributed by atoms with Gasteiger partial charge in [0.05, 0.1) is 5.52 Å². The molecule has 72 valence electrons. The van der Waals surface area contributed by atoms with Crippen LogP contribution < -0.4 is 5.56 Å². The monoisotopic (exact) mass is 190 g/mol. The van der Waals surface area contributed by atoms with Gasteiger partial charge in [-0.05, 0) is 19.1 Å². The molecule has 0 radical (unpaired) electrons. The molecule has 4 nitrogen and oxygen atoms in total. The summed E-state index contributed by atoms with van der Waals surface area (Å²) in [5, 5.41) is 0. The van der Waals surface area contributed by atoms with E-state index in [0.717, 1.165) is 0 Å². The molecular weight excluding hydrogens is 180 g/mol. The first kappa shape index (κ1) is 8.74. The van der Waals surface area contributed by atoms with E-state index in [-0.39, 0.29) is 16.9 Å². The first-order chi connectivity index (χ1) is 6.63. The molecule has 0 aliphatic heterocycles. The third-order valence-corrected chi connectivity index (χ3v) is 2.28. The Hall–Kier alpha value is -1.84. The highest BCUT2D eigenvalue weighted by molar-refractivity contribution is 6.00. The lowest BCUT2D eigenvalue weighted by molar-refractivity contribution is 0.101. The van der Waals surface area contributed by atoms with Crippen LogP contribution in [0.4, 0.5) is 0 Å². The molecule has 14 heavy (non-hydrogen) atoms. The molecule has 2 rings (SSSR count). The third kappa shape index (κ3) is 1.00. The van der Waals surface area contributed by atoms with E-state index in [2.05, 4.69) is 0 Å². The van der Waals surface area contributed by atoms with Crippen LogP contribution in [0, 0.1) is 0 Å². The van der Waals surface area contributed by atoms with Crippen molar-refractivity contribution in [3.63, 3.8) is 0 Å².